The summed E-state index contributed by atoms with van der Waals surface area (Å²) in [6, 6.07) is 4.38. The summed E-state index contributed by atoms with van der Waals surface area (Å²) in [5.41, 5.74) is 0.0535. The fraction of sp³-hybridized carbons (Fsp3) is 0.429. The van der Waals surface area contributed by atoms with E-state index in [0.29, 0.717) is 6.42 Å². The molecule has 0 unspecified atom stereocenters. The summed E-state index contributed by atoms with van der Waals surface area (Å²) in [6.07, 6.45) is 0.694. The molecule has 0 aliphatic carbocycles. The number of halogens is 1. The van der Waals surface area contributed by atoms with Crippen LogP contribution >= 0.6 is 0 Å². The first-order chi connectivity index (χ1) is 9.49. The summed E-state index contributed by atoms with van der Waals surface area (Å²) in [5, 5.41) is 4.87. The van der Waals surface area contributed by atoms with Crippen LogP contribution in [0.15, 0.2) is 24.3 Å². The van der Waals surface area contributed by atoms with E-state index >= 15 is 0 Å². The van der Waals surface area contributed by atoms with Crippen LogP contribution < -0.4 is 10.6 Å². The van der Waals surface area contributed by atoms with Crippen molar-refractivity contribution in [2.24, 2.45) is 5.92 Å². The molecular formula is C14H19FN2O3. The summed E-state index contributed by atoms with van der Waals surface area (Å²) in [5.74, 6) is -1.15. The molecule has 0 fully saturated rings. The molecule has 1 aromatic carbocycles. The molecule has 1 aromatic rings. The van der Waals surface area contributed by atoms with Gasteiger partial charge in [0.15, 0.2) is 0 Å². The van der Waals surface area contributed by atoms with Gasteiger partial charge in [0, 0.05) is 0 Å². The number of hydrogen-bond acceptors (Lipinski definition) is 3. The maximum Gasteiger partial charge on any atom is 0.328 e. The number of methoxy groups -OCH3 is 1. The number of hydrogen-bond donors (Lipinski definition) is 2. The Bertz CT molecular complexity index is 479. The molecule has 0 aliphatic heterocycles. The summed E-state index contributed by atoms with van der Waals surface area (Å²) in [6.45, 7) is 3.72. The molecule has 0 spiro atoms. The number of carbonyl (C=O) groups excluding carboxylic acids is 2. The third-order valence-electron chi connectivity index (χ3n) is 3.08. The number of nitrogens with one attached hydrogen (secondary N) is 2. The number of ether oxygens (including phenoxy) is 1. The minimum Gasteiger partial charge on any atom is -0.467 e. The Morgan fingerprint density at radius 1 is 1.35 bits per heavy atom. The van der Waals surface area contributed by atoms with Gasteiger partial charge in [-0.1, -0.05) is 32.4 Å². The third kappa shape index (κ3) is 4.22. The molecule has 6 heteroatoms. The van der Waals surface area contributed by atoms with E-state index in [2.05, 4.69) is 15.4 Å². The van der Waals surface area contributed by atoms with Gasteiger partial charge in [-0.3, -0.25) is 0 Å². The van der Waals surface area contributed by atoms with E-state index in [4.69, 9.17) is 0 Å². The van der Waals surface area contributed by atoms with Gasteiger partial charge < -0.3 is 15.4 Å². The van der Waals surface area contributed by atoms with Crippen molar-refractivity contribution in [2.45, 2.75) is 26.3 Å². The normalized spacial score (nSPS) is 13.2. The van der Waals surface area contributed by atoms with E-state index in [9.17, 15) is 14.0 Å². The number of esters is 1. The molecule has 0 bridgehead atoms. The first kappa shape index (κ1) is 15.9. The average molecular weight is 282 g/mol. The van der Waals surface area contributed by atoms with E-state index in [-0.39, 0.29) is 11.6 Å². The predicted octanol–water partition coefficient (Wildman–Crippen LogP) is 2.53. The van der Waals surface area contributed by atoms with Crippen LogP contribution in [0, 0.1) is 11.7 Å². The van der Waals surface area contributed by atoms with E-state index in [1.807, 2.05) is 13.8 Å². The Balaban J connectivity index is 2.72. The summed E-state index contributed by atoms with van der Waals surface area (Å²) < 4.78 is 18.1. The number of rotatable bonds is 5. The van der Waals surface area contributed by atoms with Crippen molar-refractivity contribution in [2.75, 3.05) is 12.4 Å². The molecule has 0 saturated heterocycles. The van der Waals surface area contributed by atoms with Crippen LogP contribution in [0.3, 0.4) is 0 Å². The Kier molecular flexibility index (Phi) is 5.96. The lowest BCUT2D eigenvalue weighted by molar-refractivity contribution is -0.144. The lowest BCUT2D eigenvalue weighted by Gasteiger charge is -2.22. The highest BCUT2D eigenvalue weighted by molar-refractivity contribution is 5.92. The van der Waals surface area contributed by atoms with Crippen LogP contribution in [-0.4, -0.2) is 25.2 Å². The molecule has 2 N–H and O–H groups in total. The van der Waals surface area contributed by atoms with E-state index in [1.165, 1.54) is 25.3 Å². The van der Waals surface area contributed by atoms with Gasteiger partial charge >= 0.3 is 12.0 Å². The minimum atomic E-state index is -0.767. The summed E-state index contributed by atoms with van der Waals surface area (Å²) >= 11 is 0. The third-order valence-corrected chi connectivity index (χ3v) is 3.08. The second-order valence-corrected chi connectivity index (χ2v) is 4.46. The maximum absolute atomic E-state index is 13.4. The van der Waals surface area contributed by atoms with Crippen LogP contribution in [0.2, 0.25) is 0 Å². The fourth-order valence-electron chi connectivity index (χ4n) is 1.66. The first-order valence-corrected chi connectivity index (χ1v) is 6.39. The largest absolute Gasteiger partial charge is 0.467 e. The molecule has 2 atom stereocenters. The predicted molar refractivity (Wildman–Crippen MR) is 73.8 cm³/mol. The molecule has 0 saturated carbocycles. The molecule has 2 amide bonds. The number of para-hydroxylation sites is 1. The lowest BCUT2D eigenvalue weighted by atomic mass is 9.99. The van der Waals surface area contributed by atoms with Crippen LogP contribution in [0.25, 0.3) is 0 Å². The smallest absolute Gasteiger partial charge is 0.328 e. The standard InChI is InChI=1S/C14H19FN2O3/c1-4-9(2)12(13(18)20-3)17-14(19)16-11-8-6-5-7-10(11)15/h5-9,12H,4H2,1-3H3,(H2,16,17,19)/t9-,12-/m1/s1. The van der Waals surface area contributed by atoms with Crippen LogP contribution in [0.1, 0.15) is 20.3 Å². The maximum atomic E-state index is 13.4. The van der Waals surface area contributed by atoms with Crippen molar-refractivity contribution in [1.82, 2.24) is 5.32 Å². The first-order valence-electron chi connectivity index (χ1n) is 6.39. The number of urea groups is 1. The second-order valence-electron chi connectivity index (χ2n) is 4.46. The van der Waals surface area contributed by atoms with Crippen molar-refractivity contribution >= 4 is 17.7 Å². The van der Waals surface area contributed by atoms with Crippen molar-refractivity contribution in [1.29, 1.82) is 0 Å². The van der Waals surface area contributed by atoms with Gasteiger partial charge in [0.1, 0.15) is 11.9 Å². The topological polar surface area (TPSA) is 67.4 Å². The van der Waals surface area contributed by atoms with Crippen LogP contribution in [0.4, 0.5) is 14.9 Å². The number of carbonyl (C=O) groups is 2. The van der Waals surface area contributed by atoms with Crippen molar-refractivity contribution in [3.05, 3.63) is 30.1 Å². The molecule has 20 heavy (non-hydrogen) atoms. The molecule has 0 aliphatic rings. The van der Waals surface area contributed by atoms with E-state index in [0.717, 1.165) is 0 Å². The highest BCUT2D eigenvalue weighted by atomic mass is 19.1. The quantitative estimate of drug-likeness (QED) is 0.815. The highest BCUT2D eigenvalue weighted by Crippen LogP contribution is 2.13. The highest BCUT2D eigenvalue weighted by Gasteiger charge is 2.26. The monoisotopic (exact) mass is 282 g/mol. The summed E-state index contributed by atoms with van der Waals surface area (Å²) in [4.78, 5) is 23.4. The Hall–Kier alpha value is -2.11. The second kappa shape index (κ2) is 7.47. The van der Waals surface area contributed by atoms with Gasteiger partial charge in [-0.2, -0.15) is 0 Å². The molecule has 110 valence electrons. The Labute approximate surface area is 117 Å². The fourth-order valence-corrected chi connectivity index (χ4v) is 1.66. The molecule has 0 radical (unpaired) electrons. The van der Waals surface area contributed by atoms with Gasteiger partial charge in [0.25, 0.3) is 0 Å². The zero-order chi connectivity index (χ0) is 15.1. The number of anilines is 1. The van der Waals surface area contributed by atoms with Crippen LogP contribution in [-0.2, 0) is 9.53 Å². The van der Waals surface area contributed by atoms with Gasteiger partial charge in [-0.25, -0.2) is 14.0 Å². The van der Waals surface area contributed by atoms with Crippen molar-refractivity contribution in [3.63, 3.8) is 0 Å². The molecule has 0 heterocycles. The SMILES string of the molecule is CC[C@@H](C)[C@@H](NC(=O)Nc1ccccc1F)C(=O)OC. The number of amides is 2. The van der Waals surface area contributed by atoms with E-state index in [1.54, 1.807) is 6.07 Å². The van der Waals surface area contributed by atoms with Gasteiger partial charge in [0.05, 0.1) is 12.8 Å². The van der Waals surface area contributed by atoms with Gasteiger partial charge in [-0.15, -0.1) is 0 Å². The Morgan fingerprint density at radius 3 is 2.55 bits per heavy atom. The van der Waals surface area contributed by atoms with Gasteiger partial charge in [-0.05, 0) is 18.1 Å². The molecule has 0 aromatic heterocycles. The van der Waals surface area contributed by atoms with Crippen molar-refractivity contribution < 1.29 is 18.7 Å². The van der Waals surface area contributed by atoms with Crippen LogP contribution in [0.5, 0.6) is 0 Å². The zero-order valence-electron chi connectivity index (χ0n) is 11.8. The number of benzene rings is 1. The molecule has 5 nitrogen and oxygen atoms in total. The minimum absolute atomic E-state index is 0.0535. The average Bonchev–Trinajstić information content (AvgIpc) is 2.45. The van der Waals surface area contributed by atoms with E-state index < -0.39 is 23.9 Å². The molecular weight excluding hydrogens is 263 g/mol. The van der Waals surface area contributed by atoms with Gasteiger partial charge in [0.2, 0.25) is 0 Å². The lowest BCUT2D eigenvalue weighted by Crippen LogP contribution is -2.47. The summed E-state index contributed by atoms with van der Waals surface area (Å²) in [7, 11) is 1.26. The van der Waals surface area contributed by atoms with Crippen molar-refractivity contribution in [3.8, 4) is 0 Å². The Morgan fingerprint density at radius 2 is 2.00 bits per heavy atom. The molecule has 1 rings (SSSR count). The zero-order valence-corrected chi connectivity index (χ0v) is 11.8.